The van der Waals surface area contributed by atoms with Gasteiger partial charge >= 0.3 is 5.97 Å². The van der Waals surface area contributed by atoms with Gasteiger partial charge in [-0.15, -0.1) is 24.8 Å². The fourth-order valence-electron chi connectivity index (χ4n) is 4.17. The normalized spacial score (nSPS) is 16.3. The van der Waals surface area contributed by atoms with Crippen LogP contribution in [0.25, 0.3) is 10.8 Å². The lowest BCUT2D eigenvalue weighted by Crippen LogP contribution is -2.37. The Hall–Kier alpha value is -1.29. The van der Waals surface area contributed by atoms with Gasteiger partial charge in [-0.05, 0) is 54.6 Å². The van der Waals surface area contributed by atoms with Crippen molar-refractivity contribution < 1.29 is 9.90 Å². The van der Waals surface area contributed by atoms with E-state index in [1.807, 2.05) is 0 Å². The van der Waals surface area contributed by atoms with E-state index in [0.717, 1.165) is 51.7 Å². The molecule has 3 nitrogen and oxygen atoms in total. The molecule has 0 radical (unpaired) electrons. The minimum Gasteiger partial charge on any atom is -0.481 e. The number of unbranched alkanes of at least 4 members (excludes halogenated alkanes) is 1. The van der Waals surface area contributed by atoms with Crippen molar-refractivity contribution >= 4 is 41.6 Å². The van der Waals surface area contributed by atoms with Crippen molar-refractivity contribution in [2.75, 3.05) is 13.1 Å². The van der Waals surface area contributed by atoms with E-state index in [1.165, 1.54) is 16.3 Å². The lowest BCUT2D eigenvalue weighted by Gasteiger charge is -2.35. The molecule has 0 spiro atoms. The van der Waals surface area contributed by atoms with Gasteiger partial charge < -0.3 is 5.11 Å². The molecule has 1 aliphatic heterocycles. The topological polar surface area (TPSA) is 40.5 Å². The molecular weight excluding hydrogens is 381 g/mol. The molecule has 3 rings (SSSR count). The van der Waals surface area contributed by atoms with Crippen molar-refractivity contribution in [3.05, 3.63) is 48.0 Å². The van der Waals surface area contributed by atoms with Gasteiger partial charge in [0.1, 0.15) is 0 Å². The summed E-state index contributed by atoms with van der Waals surface area (Å²) in [6.45, 7) is 5.10. The van der Waals surface area contributed by atoms with Crippen molar-refractivity contribution in [3.8, 4) is 0 Å². The molecule has 2 aromatic rings. The summed E-state index contributed by atoms with van der Waals surface area (Å²) in [5, 5.41) is 12.2. The van der Waals surface area contributed by atoms with Gasteiger partial charge in [-0.1, -0.05) is 62.2 Å². The number of nitrogens with zero attached hydrogens (tertiary/aromatic N) is 1. The zero-order valence-electron chi connectivity index (χ0n) is 16.0. The highest BCUT2D eigenvalue weighted by Gasteiger charge is 2.30. The van der Waals surface area contributed by atoms with Gasteiger partial charge in [0.15, 0.2) is 0 Å². The van der Waals surface area contributed by atoms with Gasteiger partial charge in [0.2, 0.25) is 0 Å². The number of halogens is 2. The van der Waals surface area contributed by atoms with Crippen molar-refractivity contribution in [3.63, 3.8) is 0 Å². The number of carboxylic acids is 1. The summed E-state index contributed by atoms with van der Waals surface area (Å²) in [5.41, 5.74) is 1.37. The molecule has 5 heteroatoms. The molecule has 1 atom stereocenters. The number of piperidine rings is 1. The lowest BCUT2D eigenvalue weighted by atomic mass is 9.81. The summed E-state index contributed by atoms with van der Waals surface area (Å²) >= 11 is 0. The molecule has 150 valence electrons. The van der Waals surface area contributed by atoms with Crippen LogP contribution in [0.1, 0.15) is 44.6 Å². The van der Waals surface area contributed by atoms with Crippen LogP contribution in [0.4, 0.5) is 0 Å². The van der Waals surface area contributed by atoms with E-state index in [0.29, 0.717) is 5.92 Å². The third-order valence-corrected chi connectivity index (χ3v) is 5.66. The molecule has 1 N–H and O–H groups in total. The van der Waals surface area contributed by atoms with Crippen molar-refractivity contribution in [2.45, 2.75) is 45.6 Å². The van der Waals surface area contributed by atoms with Gasteiger partial charge in [0.05, 0.1) is 5.92 Å². The highest BCUT2D eigenvalue weighted by atomic mass is 35.5. The van der Waals surface area contributed by atoms with E-state index in [-0.39, 0.29) is 30.7 Å². The molecule has 0 bridgehead atoms. The molecule has 1 unspecified atom stereocenters. The van der Waals surface area contributed by atoms with Crippen LogP contribution in [-0.2, 0) is 11.3 Å². The van der Waals surface area contributed by atoms with Crippen LogP contribution in [-0.4, -0.2) is 29.1 Å². The first-order valence-corrected chi connectivity index (χ1v) is 9.61. The van der Waals surface area contributed by atoms with Crippen LogP contribution in [0.3, 0.4) is 0 Å². The number of rotatable bonds is 7. The Kier molecular flexibility index (Phi) is 10.1. The number of fused-ring (bicyclic) bond motifs is 1. The number of benzene rings is 2. The standard InChI is InChI=1S/C22H29NO2.2ClH/c1-2-3-10-21(22(24)25)18-12-14-23(15-13-18)16-19-9-6-8-17-7-4-5-11-20(17)19;;/h4-9,11,18,21H,2-3,10,12-16H2,1H3,(H,24,25);2*1H. The molecular formula is C22H31Cl2NO2. The van der Waals surface area contributed by atoms with Gasteiger partial charge in [-0.3, -0.25) is 9.69 Å². The maximum Gasteiger partial charge on any atom is 0.306 e. The smallest absolute Gasteiger partial charge is 0.306 e. The SMILES string of the molecule is CCCCC(C(=O)O)C1CCN(Cc2cccc3ccccc23)CC1.Cl.Cl. The van der Waals surface area contributed by atoms with Crippen molar-refractivity contribution in [1.82, 2.24) is 4.90 Å². The molecule has 1 heterocycles. The van der Waals surface area contributed by atoms with Crippen LogP contribution in [0.2, 0.25) is 0 Å². The molecule has 1 saturated heterocycles. The molecule has 2 aromatic carbocycles. The van der Waals surface area contributed by atoms with Crippen LogP contribution < -0.4 is 0 Å². The van der Waals surface area contributed by atoms with Crippen LogP contribution in [0.15, 0.2) is 42.5 Å². The number of hydrogen-bond acceptors (Lipinski definition) is 2. The number of hydrogen-bond donors (Lipinski definition) is 1. The van der Waals surface area contributed by atoms with E-state index in [9.17, 15) is 9.90 Å². The van der Waals surface area contributed by atoms with E-state index in [1.54, 1.807) is 0 Å². The summed E-state index contributed by atoms with van der Waals surface area (Å²) in [7, 11) is 0. The zero-order valence-corrected chi connectivity index (χ0v) is 17.6. The average molecular weight is 412 g/mol. The number of carbonyl (C=O) groups is 1. The molecule has 1 fully saturated rings. The number of likely N-dealkylation sites (tertiary alicyclic amines) is 1. The van der Waals surface area contributed by atoms with Gasteiger partial charge in [-0.2, -0.15) is 0 Å². The van der Waals surface area contributed by atoms with E-state index in [4.69, 9.17) is 0 Å². The Balaban J connectivity index is 0.00000182. The molecule has 0 amide bonds. The first-order chi connectivity index (χ1) is 12.2. The van der Waals surface area contributed by atoms with E-state index in [2.05, 4.69) is 54.3 Å². The van der Waals surface area contributed by atoms with Gasteiger partial charge in [0, 0.05) is 6.54 Å². The number of carboxylic acid groups (broad SMARTS) is 1. The fraction of sp³-hybridized carbons (Fsp3) is 0.500. The fourth-order valence-corrected chi connectivity index (χ4v) is 4.17. The first-order valence-electron chi connectivity index (χ1n) is 9.61. The first kappa shape index (κ1) is 23.7. The Labute approximate surface area is 175 Å². The summed E-state index contributed by atoms with van der Waals surface area (Å²) < 4.78 is 0. The molecule has 0 aromatic heterocycles. The van der Waals surface area contributed by atoms with Gasteiger partial charge in [-0.25, -0.2) is 0 Å². The second kappa shape index (κ2) is 11.5. The highest BCUT2D eigenvalue weighted by Crippen LogP contribution is 2.30. The predicted molar refractivity (Wildman–Crippen MR) is 117 cm³/mol. The predicted octanol–water partition coefficient (Wildman–Crippen LogP) is 5.79. The average Bonchev–Trinajstić information content (AvgIpc) is 2.63. The Morgan fingerprint density at radius 3 is 2.44 bits per heavy atom. The second-order valence-electron chi connectivity index (χ2n) is 7.34. The highest BCUT2D eigenvalue weighted by molar-refractivity contribution is 5.86. The molecule has 0 saturated carbocycles. The summed E-state index contributed by atoms with van der Waals surface area (Å²) in [5.74, 6) is -0.409. The lowest BCUT2D eigenvalue weighted by molar-refractivity contribution is -0.144. The Morgan fingerprint density at radius 1 is 1.11 bits per heavy atom. The number of aliphatic carboxylic acids is 1. The second-order valence-corrected chi connectivity index (χ2v) is 7.34. The van der Waals surface area contributed by atoms with Crippen molar-refractivity contribution in [1.29, 1.82) is 0 Å². The summed E-state index contributed by atoms with van der Waals surface area (Å²) in [6.07, 6.45) is 4.94. The quantitative estimate of drug-likeness (QED) is 0.626. The summed E-state index contributed by atoms with van der Waals surface area (Å²) in [6, 6.07) is 15.1. The van der Waals surface area contributed by atoms with Gasteiger partial charge in [0.25, 0.3) is 0 Å². The largest absolute Gasteiger partial charge is 0.481 e. The minimum absolute atomic E-state index is 0. The zero-order chi connectivity index (χ0) is 17.6. The molecule has 0 aliphatic carbocycles. The maximum atomic E-state index is 11.6. The van der Waals surface area contributed by atoms with Crippen LogP contribution in [0, 0.1) is 11.8 Å². The summed E-state index contributed by atoms with van der Waals surface area (Å²) in [4.78, 5) is 14.1. The van der Waals surface area contributed by atoms with Crippen LogP contribution in [0.5, 0.6) is 0 Å². The molecule has 27 heavy (non-hydrogen) atoms. The third-order valence-electron chi connectivity index (χ3n) is 5.66. The van der Waals surface area contributed by atoms with E-state index >= 15 is 0 Å². The third kappa shape index (κ3) is 6.10. The Morgan fingerprint density at radius 2 is 1.78 bits per heavy atom. The van der Waals surface area contributed by atoms with E-state index < -0.39 is 5.97 Å². The maximum absolute atomic E-state index is 11.6. The molecule has 1 aliphatic rings. The monoisotopic (exact) mass is 411 g/mol. The van der Waals surface area contributed by atoms with Crippen LogP contribution >= 0.6 is 24.8 Å². The van der Waals surface area contributed by atoms with Crippen molar-refractivity contribution in [2.24, 2.45) is 11.8 Å². The Bertz CT molecular complexity index is 709. The minimum atomic E-state index is -0.596.